The third-order valence-electron chi connectivity index (χ3n) is 3.29. The molecule has 1 atom stereocenters. The van der Waals surface area contributed by atoms with Gasteiger partial charge in [0.1, 0.15) is 10.6 Å². The fourth-order valence-electron chi connectivity index (χ4n) is 2.24. The van der Waals surface area contributed by atoms with Crippen molar-refractivity contribution in [3.05, 3.63) is 22.8 Å². The average Bonchev–Trinajstić information content (AvgIpc) is 2.43. The third kappa shape index (κ3) is 5.60. The van der Waals surface area contributed by atoms with Crippen LogP contribution in [0.4, 0.5) is 0 Å². The Morgan fingerprint density at radius 2 is 2.29 bits per heavy atom. The fraction of sp³-hybridized carbons (Fsp3) is 0.600. The van der Waals surface area contributed by atoms with Crippen LogP contribution in [0.2, 0.25) is 0 Å². The van der Waals surface area contributed by atoms with Crippen LogP contribution in [0.1, 0.15) is 40.0 Å². The number of carboxylic acid groups (broad SMARTS) is 1. The predicted molar refractivity (Wildman–Crippen MR) is 90.8 cm³/mol. The van der Waals surface area contributed by atoms with Crippen molar-refractivity contribution < 1.29 is 9.90 Å². The zero-order valence-electron chi connectivity index (χ0n) is 12.7. The quantitative estimate of drug-likeness (QED) is 0.506. The molecule has 1 aromatic heterocycles. The van der Waals surface area contributed by atoms with Crippen molar-refractivity contribution in [1.29, 1.82) is 0 Å². The minimum atomic E-state index is -0.823. The van der Waals surface area contributed by atoms with Crippen molar-refractivity contribution in [2.24, 2.45) is 0 Å². The number of carbonyl (C=O) groups is 1. The third-order valence-corrected chi connectivity index (χ3v) is 5.28. The Hall–Kier alpha value is -0.590. The molecule has 0 aliphatic carbocycles. The summed E-state index contributed by atoms with van der Waals surface area (Å²) in [5.41, 5.74) is -0.823. The molecule has 6 heteroatoms. The maximum atomic E-state index is 11.6. The molecule has 0 aromatic carbocycles. The Kier molecular flexibility index (Phi) is 7.70. The Labute approximate surface area is 139 Å². The smallest absolute Gasteiger partial charge is 0.323 e. The summed E-state index contributed by atoms with van der Waals surface area (Å²) in [6, 6.07) is 4.00. The number of aromatic nitrogens is 1. The number of aliphatic carboxylic acids is 1. The lowest BCUT2D eigenvalue weighted by atomic mass is 9.90. The maximum absolute atomic E-state index is 11.6. The van der Waals surface area contributed by atoms with E-state index in [1.54, 1.807) is 18.0 Å². The number of hydrogen-bond acceptors (Lipinski definition) is 4. The van der Waals surface area contributed by atoms with Crippen molar-refractivity contribution in [2.45, 2.75) is 56.6 Å². The summed E-state index contributed by atoms with van der Waals surface area (Å²) in [7, 11) is 0. The standard InChI is InChI=1S/C15H23BrN2O2S/c1-4-15(14(19)20,18-11(2)3)8-6-10-21-13-12(16)7-5-9-17-13/h5,7,9,11,18H,4,6,8,10H2,1-3H3,(H,19,20). The molecular weight excluding hydrogens is 352 g/mol. The van der Waals surface area contributed by atoms with Crippen molar-refractivity contribution in [1.82, 2.24) is 10.3 Å². The first-order valence-electron chi connectivity index (χ1n) is 7.15. The minimum Gasteiger partial charge on any atom is -0.480 e. The van der Waals surface area contributed by atoms with Crippen LogP contribution < -0.4 is 5.32 Å². The van der Waals surface area contributed by atoms with Crippen LogP contribution in [-0.4, -0.2) is 33.4 Å². The second-order valence-corrected chi connectivity index (χ2v) is 7.22. The molecule has 0 saturated heterocycles. The van der Waals surface area contributed by atoms with Crippen LogP contribution >= 0.6 is 27.7 Å². The van der Waals surface area contributed by atoms with Gasteiger partial charge in [0, 0.05) is 16.7 Å². The number of carboxylic acids is 1. The normalized spacial score (nSPS) is 14.1. The highest BCUT2D eigenvalue weighted by Gasteiger charge is 2.36. The largest absolute Gasteiger partial charge is 0.480 e. The van der Waals surface area contributed by atoms with Gasteiger partial charge in [-0.25, -0.2) is 4.98 Å². The van der Waals surface area contributed by atoms with Crippen LogP contribution in [0.3, 0.4) is 0 Å². The summed E-state index contributed by atoms with van der Waals surface area (Å²) in [6.07, 6.45) is 3.79. The SMILES string of the molecule is CCC(CCCSc1ncccc1Br)(NC(C)C)C(=O)O. The molecule has 0 aliphatic heterocycles. The van der Waals surface area contributed by atoms with Gasteiger partial charge in [-0.2, -0.15) is 0 Å². The molecule has 2 N–H and O–H groups in total. The molecule has 1 aromatic rings. The van der Waals surface area contributed by atoms with E-state index >= 15 is 0 Å². The first-order valence-corrected chi connectivity index (χ1v) is 8.93. The molecule has 118 valence electrons. The molecule has 1 unspecified atom stereocenters. The van der Waals surface area contributed by atoms with Crippen LogP contribution in [0, 0.1) is 0 Å². The first-order chi connectivity index (χ1) is 9.91. The number of nitrogens with one attached hydrogen (secondary N) is 1. The van der Waals surface area contributed by atoms with Crippen LogP contribution in [0.5, 0.6) is 0 Å². The van der Waals surface area contributed by atoms with Crippen LogP contribution in [0.15, 0.2) is 27.8 Å². The van der Waals surface area contributed by atoms with Crippen molar-refractivity contribution in [3.63, 3.8) is 0 Å². The molecule has 0 spiro atoms. The van der Waals surface area contributed by atoms with E-state index in [9.17, 15) is 9.90 Å². The van der Waals surface area contributed by atoms with Crippen molar-refractivity contribution in [3.8, 4) is 0 Å². The van der Waals surface area contributed by atoms with Gasteiger partial charge in [-0.05, 0) is 66.9 Å². The van der Waals surface area contributed by atoms with Gasteiger partial charge in [0.15, 0.2) is 0 Å². The highest BCUT2D eigenvalue weighted by atomic mass is 79.9. The summed E-state index contributed by atoms with van der Waals surface area (Å²) in [6.45, 7) is 5.88. The van der Waals surface area contributed by atoms with Gasteiger partial charge >= 0.3 is 5.97 Å². The Balaban J connectivity index is 2.54. The van der Waals surface area contributed by atoms with E-state index in [0.29, 0.717) is 12.8 Å². The van der Waals surface area contributed by atoms with Gasteiger partial charge in [0.25, 0.3) is 0 Å². The maximum Gasteiger partial charge on any atom is 0.323 e. The number of halogens is 1. The van der Waals surface area contributed by atoms with E-state index in [0.717, 1.165) is 21.7 Å². The van der Waals surface area contributed by atoms with Crippen molar-refractivity contribution in [2.75, 3.05) is 5.75 Å². The molecule has 0 aliphatic rings. The number of thioether (sulfide) groups is 1. The van der Waals surface area contributed by atoms with E-state index in [2.05, 4.69) is 26.2 Å². The molecular formula is C15H23BrN2O2S. The van der Waals surface area contributed by atoms with Gasteiger partial charge < -0.3 is 5.11 Å². The molecule has 1 heterocycles. The van der Waals surface area contributed by atoms with Crippen LogP contribution in [-0.2, 0) is 4.79 Å². The lowest BCUT2D eigenvalue weighted by Gasteiger charge is -2.31. The topological polar surface area (TPSA) is 62.2 Å². The Morgan fingerprint density at radius 3 is 2.81 bits per heavy atom. The molecule has 0 saturated carbocycles. The van der Waals surface area contributed by atoms with E-state index in [1.165, 1.54) is 0 Å². The van der Waals surface area contributed by atoms with E-state index in [4.69, 9.17) is 0 Å². The van der Waals surface area contributed by atoms with Crippen LogP contribution in [0.25, 0.3) is 0 Å². The average molecular weight is 375 g/mol. The lowest BCUT2D eigenvalue weighted by Crippen LogP contribution is -2.54. The molecule has 0 bridgehead atoms. The Bertz CT molecular complexity index is 471. The predicted octanol–water partition coefficient (Wildman–Crippen LogP) is 3.95. The van der Waals surface area contributed by atoms with Gasteiger partial charge in [-0.3, -0.25) is 10.1 Å². The zero-order valence-corrected chi connectivity index (χ0v) is 15.1. The van der Waals surface area contributed by atoms with Gasteiger partial charge in [-0.1, -0.05) is 6.92 Å². The highest BCUT2D eigenvalue weighted by molar-refractivity contribution is 9.10. The number of pyridine rings is 1. The summed E-state index contributed by atoms with van der Waals surface area (Å²) < 4.78 is 0.982. The summed E-state index contributed by atoms with van der Waals surface area (Å²) in [5.74, 6) is 0.0902. The summed E-state index contributed by atoms with van der Waals surface area (Å²) in [5, 5.41) is 13.7. The van der Waals surface area contributed by atoms with E-state index in [1.807, 2.05) is 32.9 Å². The fourth-order valence-corrected chi connectivity index (χ4v) is 3.67. The summed E-state index contributed by atoms with van der Waals surface area (Å²) in [4.78, 5) is 15.9. The highest BCUT2D eigenvalue weighted by Crippen LogP contribution is 2.27. The number of nitrogens with zero attached hydrogens (tertiary/aromatic N) is 1. The molecule has 1 rings (SSSR count). The molecule has 21 heavy (non-hydrogen) atoms. The van der Waals surface area contributed by atoms with E-state index in [-0.39, 0.29) is 6.04 Å². The van der Waals surface area contributed by atoms with E-state index < -0.39 is 11.5 Å². The molecule has 0 fully saturated rings. The number of hydrogen-bond donors (Lipinski definition) is 2. The first kappa shape index (κ1) is 18.5. The monoisotopic (exact) mass is 374 g/mol. The number of rotatable bonds is 9. The Morgan fingerprint density at radius 1 is 1.57 bits per heavy atom. The van der Waals surface area contributed by atoms with Gasteiger partial charge in [-0.15, -0.1) is 11.8 Å². The summed E-state index contributed by atoms with van der Waals surface area (Å²) >= 11 is 5.12. The van der Waals surface area contributed by atoms with Gasteiger partial charge in [0.05, 0.1) is 0 Å². The molecule has 0 amide bonds. The second-order valence-electron chi connectivity index (χ2n) is 5.28. The molecule has 0 radical (unpaired) electrons. The second kappa shape index (κ2) is 8.76. The van der Waals surface area contributed by atoms with Crippen molar-refractivity contribution >= 4 is 33.7 Å². The zero-order chi connectivity index (χ0) is 15.9. The van der Waals surface area contributed by atoms with Gasteiger partial charge in [0.2, 0.25) is 0 Å². The minimum absolute atomic E-state index is 0.152. The molecule has 4 nitrogen and oxygen atoms in total. The lowest BCUT2D eigenvalue weighted by molar-refractivity contribution is -0.145.